The normalized spacial score (nSPS) is 12.0. The van der Waals surface area contributed by atoms with E-state index in [2.05, 4.69) is 10.6 Å². The van der Waals surface area contributed by atoms with E-state index < -0.39 is 0 Å². The molecule has 0 heterocycles. The molecule has 1 atom stereocenters. The smallest absolute Gasteiger partial charge is 0.171 e. The summed E-state index contributed by atoms with van der Waals surface area (Å²) in [5.41, 5.74) is 0.721. The summed E-state index contributed by atoms with van der Waals surface area (Å²) in [5.74, 6) is 0. The molecule has 0 amide bonds. The number of nitrogens with one attached hydrogen (secondary N) is 2. The monoisotopic (exact) mass is 292 g/mol. The topological polar surface area (TPSA) is 33.3 Å². The molecule has 6 heteroatoms. The highest BCUT2D eigenvalue weighted by Gasteiger charge is 2.06. The van der Waals surface area contributed by atoms with E-state index in [1.54, 1.807) is 25.3 Å². The van der Waals surface area contributed by atoms with Crippen LogP contribution in [-0.4, -0.2) is 24.9 Å². The summed E-state index contributed by atoms with van der Waals surface area (Å²) in [7, 11) is 1.64. The summed E-state index contributed by atoms with van der Waals surface area (Å²) in [6.07, 6.45) is 0. The highest BCUT2D eigenvalue weighted by molar-refractivity contribution is 7.80. The van der Waals surface area contributed by atoms with Crippen LogP contribution >= 0.6 is 35.4 Å². The highest BCUT2D eigenvalue weighted by atomic mass is 35.5. The van der Waals surface area contributed by atoms with Gasteiger partial charge in [-0.3, -0.25) is 0 Å². The van der Waals surface area contributed by atoms with Crippen LogP contribution in [0.5, 0.6) is 0 Å². The molecule has 0 aromatic heterocycles. The van der Waals surface area contributed by atoms with Gasteiger partial charge in [-0.2, -0.15) is 0 Å². The van der Waals surface area contributed by atoms with Gasteiger partial charge in [-0.15, -0.1) is 0 Å². The number of hydrogen-bond donors (Lipinski definition) is 2. The molecule has 1 aromatic rings. The lowest BCUT2D eigenvalue weighted by Crippen LogP contribution is -2.38. The second-order valence-electron chi connectivity index (χ2n) is 3.58. The number of methoxy groups -OCH3 is 1. The van der Waals surface area contributed by atoms with E-state index in [0.717, 1.165) is 5.69 Å². The van der Waals surface area contributed by atoms with Crippen LogP contribution in [0.4, 0.5) is 5.69 Å². The quantitative estimate of drug-likeness (QED) is 0.834. The van der Waals surface area contributed by atoms with Gasteiger partial charge in [0.05, 0.1) is 17.3 Å². The predicted molar refractivity (Wildman–Crippen MR) is 77.2 cm³/mol. The van der Waals surface area contributed by atoms with Gasteiger partial charge in [-0.25, -0.2) is 0 Å². The van der Waals surface area contributed by atoms with Crippen LogP contribution in [0.1, 0.15) is 6.92 Å². The van der Waals surface area contributed by atoms with Gasteiger partial charge in [0.15, 0.2) is 5.11 Å². The van der Waals surface area contributed by atoms with Crippen molar-refractivity contribution in [3.05, 3.63) is 28.2 Å². The van der Waals surface area contributed by atoms with E-state index in [1.807, 2.05) is 6.92 Å². The summed E-state index contributed by atoms with van der Waals surface area (Å²) < 4.78 is 5.00. The van der Waals surface area contributed by atoms with Gasteiger partial charge < -0.3 is 15.4 Å². The zero-order valence-corrected chi connectivity index (χ0v) is 11.9. The summed E-state index contributed by atoms with van der Waals surface area (Å²) in [6.45, 7) is 2.55. The van der Waals surface area contributed by atoms with Crippen molar-refractivity contribution < 1.29 is 4.74 Å². The van der Waals surface area contributed by atoms with Gasteiger partial charge in [0.25, 0.3) is 0 Å². The molecule has 0 fully saturated rings. The molecule has 0 saturated heterocycles. The summed E-state index contributed by atoms with van der Waals surface area (Å²) in [5, 5.41) is 7.69. The van der Waals surface area contributed by atoms with Gasteiger partial charge in [0.1, 0.15) is 0 Å². The van der Waals surface area contributed by atoms with Crippen molar-refractivity contribution in [2.24, 2.45) is 0 Å². The van der Waals surface area contributed by atoms with Gasteiger partial charge in [-0.05, 0) is 37.3 Å². The fourth-order valence-electron chi connectivity index (χ4n) is 1.26. The van der Waals surface area contributed by atoms with Crippen LogP contribution in [0.2, 0.25) is 10.0 Å². The maximum Gasteiger partial charge on any atom is 0.171 e. The Hall–Kier alpha value is -0.550. The standard InChI is InChI=1S/C11H14Cl2N2OS/c1-7(6-16-2)14-11(17)15-10-4-3-8(12)5-9(10)13/h3-5,7H,6H2,1-2H3,(H2,14,15,17). The van der Waals surface area contributed by atoms with E-state index in [1.165, 1.54) is 0 Å². The number of benzene rings is 1. The Morgan fingerprint density at radius 2 is 2.18 bits per heavy atom. The number of ether oxygens (including phenoxy) is 1. The minimum Gasteiger partial charge on any atom is -0.383 e. The molecule has 3 nitrogen and oxygen atoms in total. The molecule has 0 radical (unpaired) electrons. The van der Waals surface area contributed by atoms with E-state index in [0.29, 0.717) is 21.8 Å². The molecule has 17 heavy (non-hydrogen) atoms. The Morgan fingerprint density at radius 3 is 2.76 bits per heavy atom. The molecule has 1 unspecified atom stereocenters. The lowest BCUT2D eigenvalue weighted by molar-refractivity contribution is 0.179. The number of halogens is 2. The summed E-state index contributed by atoms with van der Waals surface area (Å²) in [4.78, 5) is 0. The minimum atomic E-state index is 0.131. The lowest BCUT2D eigenvalue weighted by Gasteiger charge is -2.16. The molecular formula is C11H14Cl2N2OS. The number of hydrogen-bond acceptors (Lipinski definition) is 2. The molecule has 1 aromatic carbocycles. The third kappa shape index (κ3) is 5.08. The lowest BCUT2D eigenvalue weighted by atomic mass is 10.3. The first-order valence-corrected chi connectivity index (χ1v) is 6.21. The fraction of sp³-hybridized carbons (Fsp3) is 0.364. The average molecular weight is 293 g/mol. The van der Waals surface area contributed by atoms with Crippen molar-refractivity contribution in [3.63, 3.8) is 0 Å². The Bertz CT molecular complexity index is 401. The van der Waals surface area contributed by atoms with Gasteiger partial charge in [0.2, 0.25) is 0 Å². The van der Waals surface area contributed by atoms with Crippen molar-refractivity contribution in [2.45, 2.75) is 13.0 Å². The van der Waals surface area contributed by atoms with E-state index >= 15 is 0 Å². The Labute approximate surface area is 116 Å². The Kier molecular flexibility index (Phi) is 5.98. The van der Waals surface area contributed by atoms with Gasteiger partial charge in [0, 0.05) is 18.2 Å². The first-order valence-electron chi connectivity index (χ1n) is 5.04. The molecule has 0 aliphatic rings. The highest BCUT2D eigenvalue weighted by Crippen LogP contribution is 2.25. The molecule has 0 aliphatic carbocycles. The van der Waals surface area contributed by atoms with Crippen molar-refractivity contribution in [2.75, 3.05) is 19.0 Å². The molecule has 94 valence electrons. The number of thiocarbonyl (C=S) groups is 1. The second-order valence-corrected chi connectivity index (χ2v) is 4.83. The summed E-state index contributed by atoms with van der Waals surface area (Å²) >= 11 is 17.0. The SMILES string of the molecule is COCC(C)NC(=S)Nc1ccc(Cl)cc1Cl. The molecule has 0 saturated carbocycles. The van der Waals surface area contributed by atoms with Crippen molar-refractivity contribution in [1.29, 1.82) is 0 Å². The van der Waals surface area contributed by atoms with E-state index in [-0.39, 0.29) is 6.04 Å². The third-order valence-electron chi connectivity index (χ3n) is 1.97. The maximum atomic E-state index is 6.01. The molecular weight excluding hydrogens is 279 g/mol. The van der Waals surface area contributed by atoms with Crippen molar-refractivity contribution in [3.8, 4) is 0 Å². The number of anilines is 1. The van der Waals surface area contributed by atoms with Crippen LogP contribution in [0.25, 0.3) is 0 Å². The number of rotatable bonds is 4. The Morgan fingerprint density at radius 1 is 1.47 bits per heavy atom. The zero-order chi connectivity index (χ0) is 12.8. The van der Waals surface area contributed by atoms with Gasteiger partial charge in [-0.1, -0.05) is 23.2 Å². The Balaban J connectivity index is 2.56. The van der Waals surface area contributed by atoms with E-state index in [9.17, 15) is 0 Å². The molecule has 0 bridgehead atoms. The fourth-order valence-corrected chi connectivity index (χ4v) is 2.03. The van der Waals surface area contributed by atoms with Crippen molar-refractivity contribution >= 4 is 46.2 Å². The van der Waals surface area contributed by atoms with Crippen LogP contribution in [0, 0.1) is 0 Å². The second kappa shape index (κ2) is 7.01. The first kappa shape index (κ1) is 14.5. The summed E-state index contributed by atoms with van der Waals surface area (Å²) in [6, 6.07) is 5.31. The maximum absolute atomic E-state index is 6.01. The first-order chi connectivity index (χ1) is 8.02. The van der Waals surface area contributed by atoms with Crippen LogP contribution in [-0.2, 0) is 4.74 Å². The average Bonchev–Trinajstić information content (AvgIpc) is 2.22. The van der Waals surface area contributed by atoms with Crippen LogP contribution in [0.3, 0.4) is 0 Å². The zero-order valence-electron chi connectivity index (χ0n) is 9.59. The van der Waals surface area contributed by atoms with E-state index in [4.69, 9.17) is 40.2 Å². The molecule has 1 rings (SSSR count). The van der Waals surface area contributed by atoms with Crippen LogP contribution in [0.15, 0.2) is 18.2 Å². The minimum absolute atomic E-state index is 0.131. The molecule has 0 spiro atoms. The van der Waals surface area contributed by atoms with Crippen molar-refractivity contribution in [1.82, 2.24) is 5.32 Å². The molecule has 2 N–H and O–H groups in total. The third-order valence-corrected chi connectivity index (χ3v) is 2.74. The predicted octanol–water partition coefficient (Wildman–Crippen LogP) is 3.31. The largest absolute Gasteiger partial charge is 0.383 e. The van der Waals surface area contributed by atoms with Gasteiger partial charge >= 0.3 is 0 Å². The van der Waals surface area contributed by atoms with Crippen LogP contribution < -0.4 is 10.6 Å². The molecule has 0 aliphatic heterocycles.